The first-order valence-corrected chi connectivity index (χ1v) is 6.12. The van der Waals surface area contributed by atoms with Crippen molar-refractivity contribution in [3.05, 3.63) is 0 Å². The Kier molecular flexibility index (Phi) is 4.58. The molecule has 1 aliphatic carbocycles. The van der Waals surface area contributed by atoms with Gasteiger partial charge in [-0.1, -0.05) is 20.3 Å². The third-order valence-corrected chi connectivity index (χ3v) is 3.58. The molecule has 1 fully saturated rings. The Bertz CT molecular complexity index is 208. The van der Waals surface area contributed by atoms with Gasteiger partial charge in [-0.05, 0) is 32.1 Å². The molecule has 0 heterocycles. The maximum Gasteiger partial charge on any atom is 0.225 e. The van der Waals surface area contributed by atoms with Crippen molar-refractivity contribution in [2.45, 2.75) is 58.5 Å². The fraction of sp³-hybridized carbons (Fsp3) is 0.917. The van der Waals surface area contributed by atoms with Gasteiger partial charge in [0.2, 0.25) is 5.91 Å². The lowest BCUT2D eigenvalue weighted by Crippen LogP contribution is -2.49. The molecule has 88 valence electrons. The van der Waals surface area contributed by atoms with Gasteiger partial charge in [-0.3, -0.25) is 4.79 Å². The molecule has 0 radical (unpaired) electrons. The summed E-state index contributed by atoms with van der Waals surface area (Å²) in [4.78, 5) is 12.0. The molecule has 0 aromatic carbocycles. The van der Waals surface area contributed by atoms with Crippen LogP contribution in [0.5, 0.6) is 0 Å². The number of amides is 1. The Labute approximate surface area is 92.8 Å². The fourth-order valence-corrected chi connectivity index (χ4v) is 2.35. The Hall–Kier alpha value is -0.570. The van der Waals surface area contributed by atoms with Crippen LogP contribution in [0.1, 0.15) is 46.5 Å². The number of nitrogens with one attached hydrogen (secondary N) is 1. The lowest BCUT2D eigenvalue weighted by atomic mass is 9.76. The summed E-state index contributed by atoms with van der Waals surface area (Å²) in [7, 11) is 0. The molecular weight excluding hydrogens is 188 g/mol. The average Bonchev–Trinajstić information content (AvgIpc) is 2.17. The fourth-order valence-electron chi connectivity index (χ4n) is 2.35. The summed E-state index contributed by atoms with van der Waals surface area (Å²) in [6.45, 7) is 6.26. The van der Waals surface area contributed by atoms with E-state index in [2.05, 4.69) is 19.2 Å². The predicted octanol–water partition coefficient (Wildman–Crippen LogP) is 1.66. The Morgan fingerprint density at radius 3 is 2.73 bits per heavy atom. The van der Waals surface area contributed by atoms with E-state index in [0.29, 0.717) is 5.92 Å². The first-order chi connectivity index (χ1) is 7.06. The highest BCUT2D eigenvalue weighted by Gasteiger charge is 2.34. The van der Waals surface area contributed by atoms with Crippen molar-refractivity contribution in [1.29, 1.82) is 0 Å². The van der Waals surface area contributed by atoms with Crippen molar-refractivity contribution in [3.8, 4) is 0 Å². The van der Waals surface area contributed by atoms with Gasteiger partial charge >= 0.3 is 0 Å². The molecule has 0 saturated heterocycles. The maximum absolute atomic E-state index is 12.0. The highest BCUT2D eigenvalue weighted by molar-refractivity contribution is 5.80. The molecule has 1 aliphatic rings. The second-order valence-electron chi connectivity index (χ2n) is 4.92. The summed E-state index contributed by atoms with van der Waals surface area (Å²) in [5.41, 5.74) is 6.03. The topological polar surface area (TPSA) is 55.1 Å². The van der Waals surface area contributed by atoms with Crippen molar-refractivity contribution in [2.24, 2.45) is 17.6 Å². The van der Waals surface area contributed by atoms with Crippen LogP contribution in [0.4, 0.5) is 0 Å². The molecule has 4 unspecified atom stereocenters. The quantitative estimate of drug-likeness (QED) is 0.747. The summed E-state index contributed by atoms with van der Waals surface area (Å²) < 4.78 is 0. The van der Waals surface area contributed by atoms with Crippen LogP contribution in [-0.2, 0) is 4.79 Å². The van der Waals surface area contributed by atoms with E-state index in [4.69, 9.17) is 5.73 Å². The Morgan fingerprint density at radius 2 is 2.20 bits per heavy atom. The summed E-state index contributed by atoms with van der Waals surface area (Å²) in [6, 6.07) is 0.316. The van der Waals surface area contributed by atoms with Crippen LogP contribution in [0.25, 0.3) is 0 Å². The van der Waals surface area contributed by atoms with Crippen LogP contribution in [0.15, 0.2) is 0 Å². The van der Waals surface area contributed by atoms with Crippen molar-refractivity contribution in [3.63, 3.8) is 0 Å². The number of hydrogen-bond acceptors (Lipinski definition) is 2. The van der Waals surface area contributed by atoms with E-state index in [-0.39, 0.29) is 23.9 Å². The summed E-state index contributed by atoms with van der Waals surface area (Å²) >= 11 is 0. The van der Waals surface area contributed by atoms with Gasteiger partial charge < -0.3 is 11.1 Å². The smallest absolute Gasteiger partial charge is 0.225 e. The van der Waals surface area contributed by atoms with E-state index in [1.54, 1.807) is 0 Å². The van der Waals surface area contributed by atoms with E-state index in [0.717, 1.165) is 25.7 Å². The number of carbonyl (C=O) groups is 1. The van der Waals surface area contributed by atoms with Crippen LogP contribution in [0, 0.1) is 11.8 Å². The molecular formula is C12H24N2O. The number of nitrogens with two attached hydrogens (primary N) is 1. The third-order valence-electron chi connectivity index (χ3n) is 3.58. The highest BCUT2D eigenvalue weighted by Crippen LogP contribution is 2.29. The zero-order valence-electron chi connectivity index (χ0n) is 10.1. The number of carbonyl (C=O) groups excluding carboxylic acids is 1. The first-order valence-electron chi connectivity index (χ1n) is 6.12. The van der Waals surface area contributed by atoms with Crippen molar-refractivity contribution < 1.29 is 4.79 Å². The van der Waals surface area contributed by atoms with E-state index < -0.39 is 0 Å². The molecule has 0 aliphatic heterocycles. The third kappa shape index (κ3) is 3.20. The molecule has 1 amide bonds. The minimum atomic E-state index is 0.0211. The van der Waals surface area contributed by atoms with Gasteiger partial charge in [0.1, 0.15) is 0 Å². The lowest BCUT2D eigenvalue weighted by molar-refractivity contribution is -0.128. The van der Waals surface area contributed by atoms with Crippen molar-refractivity contribution >= 4 is 5.91 Å². The molecule has 3 heteroatoms. The second kappa shape index (κ2) is 5.50. The van der Waals surface area contributed by atoms with Crippen LogP contribution >= 0.6 is 0 Å². The normalized spacial score (nSPS) is 33.5. The monoisotopic (exact) mass is 212 g/mol. The molecule has 0 spiro atoms. The van der Waals surface area contributed by atoms with Gasteiger partial charge in [0.15, 0.2) is 0 Å². The van der Waals surface area contributed by atoms with Crippen LogP contribution in [-0.4, -0.2) is 18.0 Å². The van der Waals surface area contributed by atoms with E-state index in [1.807, 2.05) is 6.92 Å². The number of rotatable bonds is 3. The SMILES string of the molecule is CCC(C)NC(=O)C1C(C)CCCC1N. The summed E-state index contributed by atoms with van der Waals surface area (Å²) in [6.07, 6.45) is 4.26. The zero-order valence-corrected chi connectivity index (χ0v) is 10.1. The number of hydrogen-bond donors (Lipinski definition) is 2. The molecule has 1 rings (SSSR count). The maximum atomic E-state index is 12.0. The second-order valence-corrected chi connectivity index (χ2v) is 4.92. The van der Waals surface area contributed by atoms with E-state index in [1.165, 1.54) is 0 Å². The van der Waals surface area contributed by atoms with E-state index in [9.17, 15) is 4.79 Å². The minimum Gasteiger partial charge on any atom is -0.353 e. The molecule has 1 saturated carbocycles. The molecule has 4 atom stereocenters. The van der Waals surface area contributed by atoms with Crippen molar-refractivity contribution in [2.75, 3.05) is 0 Å². The molecule has 3 N–H and O–H groups in total. The van der Waals surface area contributed by atoms with Crippen LogP contribution in [0.3, 0.4) is 0 Å². The molecule has 0 aromatic heterocycles. The van der Waals surface area contributed by atoms with Crippen LogP contribution < -0.4 is 11.1 Å². The predicted molar refractivity (Wildman–Crippen MR) is 62.4 cm³/mol. The molecule has 3 nitrogen and oxygen atoms in total. The largest absolute Gasteiger partial charge is 0.353 e. The summed E-state index contributed by atoms with van der Waals surface area (Å²) in [5.74, 6) is 0.606. The summed E-state index contributed by atoms with van der Waals surface area (Å²) in [5, 5.41) is 3.04. The Morgan fingerprint density at radius 1 is 1.53 bits per heavy atom. The van der Waals surface area contributed by atoms with Crippen LogP contribution in [0.2, 0.25) is 0 Å². The van der Waals surface area contributed by atoms with E-state index >= 15 is 0 Å². The lowest BCUT2D eigenvalue weighted by Gasteiger charge is -2.33. The van der Waals surface area contributed by atoms with Gasteiger partial charge in [0.25, 0.3) is 0 Å². The highest BCUT2D eigenvalue weighted by atomic mass is 16.2. The Balaban J connectivity index is 2.55. The van der Waals surface area contributed by atoms with Gasteiger partial charge in [-0.15, -0.1) is 0 Å². The van der Waals surface area contributed by atoms with Gasteiger partial charge in [0.05, 0.1) is 5.92 Å². The molecule has 0 aromatic rings. The van der Waals surface area contributed by atoms with Gasteiger partial charge in [-0.2, -0.15) is 0 Å². The van der Waals surface area contributed by atoms with Gasteiger partial charge in [-0.25, -0.2) is 0 Å². The minimum absolute atomic E-state index is 0.0211. The molecule has 0 bridgehead atoms. The zero-order chi connectivity index (χ0) is 11.4. The average molecular weight is 212 g/mol. The first kappa shape index (κ1) is 12.5. The van der Waals surface area contributed by atoms with Crippen molar-refractivity contribution in [1.82, 2.24) is 5.32 Å². The molecule has 15 heavy (non-hydrogen) atoms. The standard InChI is InChI=1S/C12H24N2O/c1-4-9(3)14-12(15)11-8(2)6-5-7-10(11)13/h8-11H,4-7,13H2,1-3H3,(H,14,15). The van der Waals surface area contributed by atoms with Gasteiger partial charge in [0, 0.05) is 12.1 Å².